The fraction of sp³-hybridized carbons (Fsp3) is 0.257. The molecule has 4 rings (SSSR count). The molecule has 46 heavy (non-hydrogen) atoms. The third-order valence-electron chi connectivity index (χ3n) is 7.51. The Morgan fingerprint density at radius 3 is 2.13 bits per heavy atom. The van der Waals surface area contributed by atoms with Crippen LogP contribution in [-0.4, -0.2) is 44.3 Å². The monoisotopic (exact) mass is 699 g/mol. The molecule has 0 bridgehead atoms. The van der Waals surface area contributed by atoms with Crippen molar-refractivity contribution in [2.45, 2.75) is 50.6 Å². The minimum Gasteiger partial charge on any atom is -0.354 e. The van der Waals surface area contributed by atoms with E-state index in [0.717, 1.165) is 22.7 Å². The minimum absolute atomic E-state index is 0.00705. The van der Waals surface area contributed by atoms with Crippen LogP contribution in [0.4, 0.5) is 5.69 Å². The summed E-state index contributed by atoms with van der Waals surface area (Å²) in [6.45, 7) is 3.53. The highest BCUT2D eigenvalue weighted by Gasteiger charge is 2.35. The quantitative estimate of drug-likeness (QED) is 0.137. The lowest BCUT2D eigenvalue weighted by atomic mass is 10.0. The Hall–Kier alpha value is -3.56. The number of carbonyl (C=O) groups is 2. The molecule has 0 radical (unpaired) electrons. The molecule has 1 N–H and O–H groups in total. The summed E-state index contributed by atoms with van der Waals surface area (Å²) < 4.78 is 29.4. The van der Waals surface area contributed by atoms with Gasteiger partial charge in [0.2, 0.25) is 11.8 Å². The van der Waals surface area contributed by atoms with Crippen molar-refractivity contribution < 1.29 is 18.0 Å². The summed E-state index contributed by atoms with van der Waals surface area (Å²) in [7, 11) is -4.25. The first-order valence-corrected chi connectivity index (χ1v) is 17.5. The molecule has 1 atom stereocenters. The lowest BCUT2D eigenvalue weighted by Gasteiger charge is -2.34. The molecule has 4 aromatic carbocycles. The molecule has 0 heterocycles. The first-order valence-electron chi connectivity index (χ1n) is 14.9. The van der Waals surface area contributed by atoms with Crippen molar-refractivity contribution in [2.24, 2.45) is 0 Å². The number of hydrogen-bond acceptors (Lipinski definition) is 4. The summed E-state index contributed by atoms with van der Waals surface area (Å²) >= 11 is 19.1. The first kappa shape index (κ1) is 35.3. The summed E-state index contributed by atoms with van der Waals surface area (Å²) in [6.07, 6.45) is 1.83. The number of carbonyl (C=O) groups excluding carboxylic acids is 2. The Labute approximate surface area is 286 Å². The summed E-state index contributed by atoms with van der Waals surface area (Å²) in [5.74, 6) is -0.955. The smallest absolute Gasteiger partial charge is 0.264 e. The standard InChI is InChI=1S/C35H36Cl3N3O4S/c1-3-4-19-39-35(43)33(20-26-11-7-5-8-12-26)40(23-27-16-18-28(36)21-31(27)38)34(42)24-41(32-22-29(37)17-15-25(32)2)46(44,45)30-13-9-6-10-14-30/h5-18,21-22,33H,3-4,19-20,23-24H2,1-2H3,(H,39,43)/t33-/m0/s1. The highest BCUT2D eigenvalue weighted by Crippen LogP contribution is 2.31. The van der Waals surface area contributed by atoms with Crippen molar-refractivity contribution in [2.75, 3.05) is 17.4 Å². The average molecular weight is 701 g/mol. The van der Waals surface area contributed by atoms with Gasteiger partial charge in [-0.05, 0) is 66.4 Å². The Bertz CT molecular complexity index is 1760. The molecule has 0 fully saturated rings. The van der Waals surface area contributed by atoms with E-state index in [1.165, 1.54) is 23.1 Å². The van der Waals surface area contributed by atoms with Crippen LogP contribution >= 0.6 is 34.8 Å². The van der Waals surface area contributed by atoms with Crippen LogP contribution in [0.3, 0.4) is 0 Å². The Morgan fingerprint density at radius 2 is 1.48 bits per heavy atom. The fourth-order valence-electron chi connectivity index (χ4n) is 4.98. The molecule has 0 aliphatic rings. The number of amides is 2. The van der Waals surface area contributed by atoms with Crippen molar-refractivity contribution in [3.8, 4) is 0 Å². The zero-order valence-corrected chi connectivity index (χ0v) is 28.7. The highest BCUT2D eigenvalue weighted by atomic mass is 35.5. The topological polar surface area (TPSA) is 86.8 Å². The minimum atomic E-state index is -4.25. The van der Waals surface area contributed by atoms with Crippen molar-refractivity contribution in [3.05, 3.63) is 129 Å². The Kier molecular flexibility index (Phi) is 12.5. The molecule has 0 aromatic heterocycles. The molecule has 0 aliphatic carbocycles. The van der Waals surface area contributed by atoms with E-state index in [9.17, 15) is 18.0 Å². The maximum atomic E-state index is 14.6. The molecule has 0 spiro atoms. The third kappa shape index (κ3) is 9.04. The summed E-state index contributed by atoms with van der Waals surface area (Å²) in [4.78, 5) is 29.9. The van der Waals surface area contributed by atoms with Gasteiger partial charge in [-0.2, -0.15) is 0 Å². The predicted octanol–water partition coefficient (Wildman–Crippen LogP) is 7.71. The molecule has 0 unspecified atom stereocenters. The van der Waals surface area contributed by atoms with Crippen LogP contribution in [0.15, 0.2) is 102 Å². The highest BCUT2D eigenvalue weighted by molar-refractivity contribution is 7.92. The van der Waals surface area contributed by atoms with Gasteiger partial charge in [0.05, 0.1) is 10.6 Å². The molecular formula is C35H36Cl3N3O4S. The summed E-state index contributed by atoms with van der Waals surface area (Å²) in [6, 6.07) is 26.0. The van der Waals surface area contributed by atoms with Gasteiger partial charge < -0.3 is 10.2 Å². The third-order valence-corrected chi connectivity index (χ3v) is 10.1. The number of hydrogen-bond donors (Lipinski definition) is 1. The van der Waals surface area contributed by atoms with E-state index in [0.29, 0.717) is 32.7 Å². The molecule has 242 valence electrons. The second kappa shape index (κ2) is 16.3. The van der Waals surface area contributed by atoms with Crippen LogP contribution in [0.1, 0.15) is 36.5 Å². The molecule has 11 heteroatoms. The second-order valence-electron chi connectivity index (χ2n) is 10.9. The summed E-state index contributed by atoms with van der Waals surface area (Å²) in [5, 5.41) is 4.01. The molecule has 4 aromatic rings. The lowest BCUT2D eigenvalue weighted by molar-refractivity contribution is -0.140. The van der Waals surface area contributed by atoms with Crippen LogP contribution in [0.5, 0.6) is 0 Å². The fourth-order valence-corrected chi connectivity index (χ4v) is 7.10. The lowest BCUT2D eigenvalue weighted by Crippen LogP contribution is -2.53. The largest absolute Gasteiger partial charge is 0.354 e. The number of aryl methyl sites for hydroxylation is 1. The van der Waals surface area contributed by atoms with E-state index in [1.807, 2.05) is 37.3 Å². The first-order chi connectivity index (χ1) is 22.0. The normalized spacial score (nSPS) is 11.9. The number of sulfonamides is 1. The van der Waals surface area contributed by atoms with Crippen molar-refractivity contribution in [1.29, 1.82) is 0 Å². The van der Waals surface area contributed by atoms with E-state index < -0.39 is 28.5 Å². The molecule has 0 saturated carbocycles. The van der Waals surface area contributed by atoms with Crippen LogP contribution in [-0.2, 0) is 32.6 Å². The van der Waals surface area contributed by atoms with E-state index in [1.54, 1.807) is 55.5 Å². The maximum Gasteiger partial charge on any atom is 0.264 e. The Balaban J connectivity index is 1.83. The van der Waals surface area contributed by atoms with E-state index in [-0.39, 0.29) is 29.5 Å². The van der Waals surface area contributed by atoms with Gasteiger partial charge in [0.1, 0.15) is 12.6 Å². The van der Waals surface area contributed by atoms with Crippen molar-refractivity contribution in [1.82, 2.24) is 10.2 Å². The van der Waals surface area contributed by atoms with E-state index in [2.05, 4.69) is 5.32 Å². The van der Waals surface area contributed by atoms with Crippen LogP contribution in [0, 0.1) is 6.92 Å². The van der Waals surface area contributed by atoms with Gasteiger partial charge in [-0.3, -0.25) is 13.9 Å². The number of anilines is 1. The molecule has 0 aliphatic heterocycles. The van der Waals surface area contributed by atoms with Gasteiger partial charge in [-0.25, -0.2) is 8.42 Å². The predicted molar refractivity (Wildman–Crippen MR) is 186 cm³/mol. The van der Waals surface area contributed by atoms with Gasteiger partial charge in [0.25, 0.3) is 10.0 Å². The zero-order valence-electron chi connectivity index (χ0n) is 25.6. The summed E-state index contributed by atoms with van der Waals surface area (Å²) in [5.41, 5.74) is 2.23. The number of benzene rings is 4. The average Bonchev–Trinajstić information content (AvgIpc) is 3.04. The van der Waals surface area contributed by atoms with Gasteiger partial charge in [-0.15, -0.1) is 0 Å². The zero-order chi connectivity index (χ0) is 33.3. The number of unbranched alkanes of at least 4 members (excludes halogenated alkanes) is 1. The second-order valence-corrected chi connectivity index (χ2v) is 14.0. The van der Waals surface area contributed by atoms with E-state index in [4.69, 9.17) is 34.8 Å². The molecular weight excluding hydrogens is 665 g/mol. The Morgan fingerprint density at radius 1 is 0.848 bits per heavy atom. The van der Waals surface area contributed by atoms with Gasteiger partial charge in [0, 0.05) is 34.6 Å². The number of nitrogens with zero attached hydrogens (tertiary/aromatic N) is 2. The van der Waals surface area contributed by atoms with Crippen LogP contribution in [0.2, 0.25) is 15.1 Å². The van der Waals surface area contributed by atoms with Gasteiger partial charge >= 0.3 is 0 Å². The number of nitrogens with one attached hydrogen (secondary N) is 1. The maximum absolute atomic E-state index is 14.6. The van der Waals surface area contributed by atoms with Crippen molar-refractivity contribution >= 4 is 62.3 Å². The molecule has 0 saturated heterocycles. The molecule has 2 amide bonds. The molecule has 7 nitrogen and oxygen atoms in total. The number of halogens is 3. The number of rotatable bonds is 14. The van der Waals surface area contributed by atoms with Crippen LogP contribution < -0.4 is 9.62 Å². The van der Waals surface area contributed by atoms with Gasteiger partial charge in [0.15, 0.2) is 0 Å². The SMILES string of the molecule is CCCCNC(=O)[C@H](Cc1ccccc1)N(Cc1ccc(Cl)cc1Cl)C(=O)CN(c1cc(Cl)ccc1C)S(=O)(=O)c1ccccc1. The van der Waals surface area contributed by atoms with E-state index >= 15 is 0 Å². The van der Waals surface area contributed by atoms with Crippen molar-refractivity contribution in [3.63, 3.8) is 0 Å². The van der Waals surface area contributed by atoms with Crippen LogP contribution in [0.25, 0.3) is 0 Å². The van der Waals surface area contributed by atoms with Gasteiger partial charge in [-0.1, -0.05) is 109 Å².